The largest absolute Gasteiger partial charge is 0.394 e. The van der Waals surface area contributed by atoms with Crippen molar-refractivity contribution in [3.63, 3.8) is 0 Å². The maximum absolute atomic E-state index is 12.7. The van der Waals surface area contributed by atoms with Crippen molar-refractivity contribution < 1.29 is 14.3 Å². The second-order valence-electron chi connectivity index (χ2n) is 4.14. The summed E-state index contributed by atoms with van der Waals surface area (Å²) >= 11 is 0. The number of rotatable bonds is 5. The van der Waals surface area contributed by atoms with Crippen LogP contribution in [0.15, 0.2) is 29.8 Å². The average Bonchev–Trinajstić information content (AvgIpc) is 2.38. The Kier molecular flexibility index (Phi) is 5.52. The predicted molar refractivity (Wildman–Crippen MR) is 69.4 cm³/mol. The molecule has 1 unspecified atom stereocenters. The molecule has 1 aromatic carbocycles. The van der Waals surface area contributed by atoms with Crippen LogP contribution in [0.4, 0.5) is 4.39 Å². The Labute approximate surface area is 106 Å². The highest BCUT2D eigenvalue weighted by molar-refractivity contribution is 5.97. The van der Waals surface area contributed by atoms with Gasteiger partial charge in [0.1, 0.15) is 5.82 Å². The topological polar surface area (TPSA) is 49.3 Å². The van der Waals surface area contributed by atoms with Crippen LogP contribution in [0.25, 0.3) is 6.08 Å². The highest BCUT2D eigenvalue weighted by Gasteiger charge is 2.10. The minimum atomic E-state index is -0.305. The lowest BCUT2D eigenvalue weighted by Gasteiger charge is -2.14. The van der Waals surface area contributed by atoms with Gasteiger partial charge in [-0.25, -0.2) is 4.39 Å². The summed E-state index contributed by atoms with van der Waals surface area (Å²) < 4.78 is 12.7. The van der Waals surface area contributed by atoms with Crippen molar-refractivity contribution in [1.82, 2.24) is 5.32 Å². The van der Waals surface area contributed by atoms with Gasteiger partial charge >= 0.3 is 0 Å². The van der Waals surface area contributed by atoms with E-state index >= 15 is 0 Å². The van der Waals surface area contributed by atoms with Gasteiger partial charge in [-0.15, -0.1) is 0 Å². The molecule has 18 heavy (non-hydrogen) atoms. The van der Waals surface area contributed by atoms with E-state index in [1.165, 1.54) is 12.1 Å². The number of benzene rings is 1. The Morgan fingerprint density at radius 1 is 1.44 bits per heavy atom. The maximum Gasteiger partial charge on any atom is 0.247 e. The van der Waals surface area contributed by atoms with Crippen molar-refractivity contribution in [2.24, 2.45) is 0 Å². The lowest BCUT2D eigenvalue weighted by Crippen LogP contribution is -2.37. The summed E-state index contributed by atoms with van der Waals surface area (Å²) in [4.78, 5) is 11.8. The van der Waals surface area contributed by atoms with E-state index in [9.17, 15) is 9.18 Å². The zero-order chi connectivity index (χ0) is 13.5. The number of nitrogens with one attached hydrogen (secondary N) is 1. The molecule has 0 radical (unpaired) electrons. The van der Waals surface area contributed by atoms with Gasteiger partial charge in [0.25, 0.3) is 0 Å². The normalized spacial score (nSPS) is 13.2. The second-order valence-corrected chi connectivity index (χ2v) is 4.14. The van der Waals surface area contributed by atoms with Gasteiger partial charge in [0.05, 0.1) is 12.6 Å². The fourth-order valence-corrected chi connectivity index (χ4v) is 1.45. The molecule has 0 aromatic heterocycles. The maximum atomic E-state index is 12.7. The molecule has 4 heteroatoms. The first-order valence-corrected chi connectivity index (χ1v) is 5.92. The molecule has 0 heterocycles. The van der Waals surface area contributed by atoms with Gasteiger partial charge in [-0.2, -0.15) is 0 Å². The van der Waals surface area contributed by atoms with Crippen LogP contribution >= 0.6 is 0 Å². The van der Waals surface area contributed by atoms with Gasteiger partial charge in [0, 0.05) is 5.57 Å². The third-order valence-corrected chi connectivity index (χ3v) is 2.66. The summed E-state index contributed by atoms with van der Waals surface area (Å²) in [7, 11) is 0. The molecule has 0 aliphatic carbocycles. The van der Waals surface area contributed by atoms with E-state index in [1.807, 2.05) is 6.92 Å². The number of aliphatic hydroxyl groups is 1. The summed E-state index contributed by atoms with van der Waals surface area (Å²) in [5.74, 6) is -0.527. The summed E-state index contributed by atoms with van der Waals surface area (Å²) in [6.45, 7) is 3.50. The molecule has 0 fully saturated rings. The Morgan fingerprint density at radius 2 is 2.06 bits per heavy atom. The average molecular weight is 251 g/mol. The Bertz CT molecular complexity index is 422. The van der Waals surface area contributed by atoms with E-state index in [-0.39, 0.29) is 24.4 Å². The van der Waals surface area contributed by atoms with E-state index in [0.29, 0.717) is 12.0 Å². The van der Waals surface area contributed by atoms with E-state index in [2.05, 4.69) is 5.32 Å². The fraction of sp³-hybridized carbons (Fsp3) is 0.357. The quantitative estimate of drug-likeness (QED) is 0.787. The van der Waals surface area contributed by atoms with Crippen LogP contribution in [-0.4, -0.2) is 23.7 Å². The summed E-state index contributed by atoms with van der Waals surface area (Å²) in [5.41, 5.74) is 1.29. The third kappa shape index (κ3) is 4.30. The number of aliphatic hydroxyl groups excluding tert-OH is 1. The molecule has 0 spiro atoms. The van der Waals surface area contributed by atoms with Crippen LogP contribution in [0.1, 0.15) is 25.8 Å². The molecular weight excluding hydrogens is 233 g/mol. The van der Waals surface area contributed by atoms with Gasteiger partial charge in [0.2, 0.25) is 5.91 Å². The van der Waals surface area contributed by atoms with Gasteiger partial charge in [-0.1, -0.05) is 19.1 Å². The lowest BCUT2D eigenvalue weighted by atomic mass is 10.1. The summed E-state index contributed by atoms with van der Waals surface area (Å²) in [6.07, 6.45) is 2.35. The molecule has 1 aromatic rings. The van der Waals surface area contributed by atoms with E-state index in [1.54, 1.807) is 25.1 Å². The number of carbonyl (C=O) groups excluding carboxylic acids is 1. The molecule has 0 bridgehead atoms. The zero-order valence-corrected chi connectivity index (χ0v) is 10.6. The van der Waals surface area contributed by atoms with Crippen LogP contribution in [0, 0.1) is 5.82 Å². The smallest absolute Gasteiger partial charge is 0.247 e. The molecule has 1 amide bonds. The number of amides is 1. The van der Waals surface area contributed by atoms with Crippen molar-refractivity contribution in [1.29, 1.82) is 0 Å². The minimum Gasteiger partial charge on any atom is -0.394 e. The standard InChI is InChI=1S/C14H18FNO2/c1-3-13(9-17)16-14(18)10(2)8-11-4-6-12(15)7-5-11/h4-8,13,17H,3,9H2,1-2H3,(H,16,18)/b10-8+. The van der Waals surface area contributed by atoms with Gasteiger partial charge in [-0.3, -0.25) is 4.79 Å². The minimum absolute atomic E-state index is 0.0773. The Hall–Kier alpha value is -1.68. The molecule has 1 rings (SSSR count). The highest BCUT2D eigenvalue weighted by atomic mass is 19.1. The monoisotopic (exact) mass is 251 g/mol. The summed E-state index contributed by atoms with van der Waals surface area (Å²) in [5, 5.41) is 11.7. The first-order chi connectivity index (χ1) is 8.56. The SMILES string of the molecule is CCC(CO)NC(=O)/C(C)=C/c1ccc(F)cc1. The third-order valence-electron chi connectivity index (χ3n) is 2.66. The molecule has 0 saturated heterocycles. The van der Waals surface area contributed by atoms with Crippen molar-refractivity contribution in [3.05, 3.63) is 41.2 Å². The van der Waals surface area contributed by atoms with Gasteiger partial charge < -0.3 is 10.4 Å². The molecule has 1 atom stereocenters. The van der Waals surface area contributed by atoms with Crippen molar-refractivity contribution >= 4 is 12.0 Å². The second kappa shape index (κ2) is 6.91. The molecule has 3 nitrogen and oxygen atoms in total. The van der Waals surface area contributed by atoms with Gasteiger partial charge in [0.15, 0.2) is 0 Å². The Balaban J connectivity index is 2.71. The number of hydrogen-bond donors (Lipinski definition) is 2. The van der Waals surface area contributed by atoms with Crippen LogP contribution < -0.4 is 5.32 Å². The molecule has 0 saturated carbocycles. The van der Waals surface area contributed by atoms with Gasteiger partial charge in [-0.05, 0) is 37.1 Å². The summed E-state index contributed by atoms with van der Waals surface area (Å²) in [6, 6.07) is 5.68. The molecule has 0 aliphatic rings. The highest BCUT2D eigenvalue weighted by Crippen LogP contribution is 2.08. The number of carbonyl (C=O) groups is 1. The predicted octanol–water partition coefficient (Wildman–Crippen LogP) is 2.12. The lowest BCUT2D eigenvalue weighted by molar-refractivity contribution is -0.118. The van der Waals surface area contributed by atoms with Crippen LogP contribution in [0.3, 0.4) is 0 Å². The van der Waals surface area contributed by atoms with Crippen LogP contribution in [0.5, 0.6) is 0 Å². The van der Waals surface area contributed by atoms with E-state index < -0.39 is 0 Å². The van der Waals surface area contributed by atoms with E-state index in [0.717, 1.165) is 5.56 Å². The van der Waals surface area contributed by atoms with Crippen molar-refractivity contribution in [3.8, 4) is 0 Å². The van der Waals surface area contributed by atoms with Crippen LogP contribution in [-0.2, 0) is 4.79 Å². The molecule has 98 valence electrons. The molecular formula is C14H18FNO2. The zero-order valence-electron chi connectivity index (χ0n) is 10.6. The number of halogens is 1. The van der Waals surface area contributed by atoms with Crippen molar-refractivity contribution in [2.75, 3.05) is 6.61 Å². The van der Waals surface area contributed by atoms with E-state index in [4.69, 9.17) is 5.11 Å². The number of hydrogen-bond acceptors (Lipinski definition) is 2. The van der Waals surface area contributed by atoms with Crippen LogP contribution in [0.2, 0.25) is 0 Å². The Morgan fingerprint density at radius 3 is 2.56 bits per heavy atom. The first kappa shape index (κ1) is 14.4. The fourth-order valence-electron chi connectivity index (χ4n) is 1.45. The molecule has 2 N–H and O–H groups in total. The van der Waals surface area contributed by atoms with Crippen molar-refractivity contribution in [2.45, 2.75) is 26.3 Å². The molecule has 0 aliphatic heterocycles. The first-order valence-electron chi connectivity index (χ1n) is 5.92.